The molecular formula is C13H14ClN3O3. The van der Waals surface area contributed by atoms with E-state index in [4.69, 9.17) is 4.52 Å². The van der Waals surface area contributed by atoms with E-state index in [1.54, 1.807) is 24.3 Å². The Morgan fingerprint density at radius 1 is 1.40 bits per heavy atom. The number of hydrogen-bond donors (Lipinski definition) is 1. The van der Waals surface area contributed by atoms with Crippen molar-refractivity contribution in [3.8, 4) is 11.4 Å². The van der Waals surface area contributed by atoms with Crippen molar-refractivity contribution in [1.29, 1.82) is 0 Å². The predicted octanol–water partition coefficient (Wildman–Crippen LogP) is 1.98. The third-order valence-electron chi connectivity index (χ3n) is 3.13. The normalized spacial score (nSPS) is 16.9. The van der Waals surface area contributed by atoms with E-state index in [1.807, 2.05) is 0 Å². The van der Waals surface area contributed by atoms with Crippen molar-refractivity contribution in [1.82, 2.24) is 15.5 Å². The van der Waals surface area contributed by atoms with Crippen LogP contribution in [0, 0.1) is 0 Å². The van der Waals surface area contributed by atoms with Gasteiger partial charge in [0, 0.05) is 5.56 Å². The molecule has 1 N–H and O–H groups in total. The Balaban J connectivity index is 0.00000147. The average Bonchev–Trinajstić information content (AvgIpc) is 2.85. The van der Waals surface area contributed by atoms with Crippen LogP contribution >= 0.6 is 12.4 Å². The number of benzene rings is 1. The molecule has 106 valence electrons. The molecule has 0 aliphatic carbocycles. The van der Waals surface area contributed by atoms with Gasteiger partial charge in [0.25, 0.3) is 0 Å². The second-order valence-corrected chi connectivity index (χ2v) is 4.32. The summed E-state index contributed by atoms with van der Waals surface area (Å²) < 4.78 is 9.85. The monoisotopic (exact) mass is 295 g/mol. The van der Waals surface area contributed by atoms with Crippen LogP contribution in [0.3, 0.4) is 0 Å². The minimum atomic E-state index is -0.362. The molecular weight excluding hydrogens is 282 g/mol. The molecule has 0 bridgehead atoms. The molecule has 1 aliphatic rings. The van der Waals surface area contributed by atoms with Gasteiger partial charge in [0.05, 0.1) is 18.7 Å². The molecule has 0 radical (unpaired) electrons. The van der Waals surface area contributed by atoms with E-state index >= 15 is 0 Å². The highest BCUT2D eigenvalue weighted by atomic mass is 35.5. The molecule has 0 spiro atoms. The second kappa shape index (κ2) is 6.02. The molecule has 1 atom stereocenters. The summed E-state index contributed by atoms with van der Waals surface area (Å²) >= 11 is 0. The highest BCUT2D eigenvalue weighted by Crippen LogP contribution is 2.24. The van der Waals surface area contributed by atoms with E-state index in [2.05, 4.69) is 20.2 Å². The first kappa shape index (κ1) is 14.5. The summed E-state index contributed by atoms with van der Waals surface area (Å²) in [6, 6.07) is 7.08. The summed E-state index contributed by atoms with van der Waals surface area (Å²) in [7, 11) is 1.35. The molecule has 3 rings (SSSR count). The summed E-state index contributed by atoms with van der Waals surface area (Å²) in [6.45, 7) is 0.982. The molecule has 2 heterocycles. The Morgan fingerprint density at radius 3 is 2.65 bits per heavy atom. The lowest BCUT2D eigenvalue weighted by molar-refractivity contribution is 0.0601. The van der Waals surface area contributed by atoms with Crippen LogP contribution in [-0.4, -0.2) is 29.8 Å². The quantitative estimate of drug-likeness (QED) is 0.873. The van der Waals surface area contributed by atoms with Crippen LogP contribution in [0.2, 0.25) is 0 Å². The van der Waals surface area contributed by atoms with Crippen LogP contribution in [0.4, 0.5) is 0 Å². The molecule has 1 aromatic heterocycles. The van der Waals surface area contributed by atoms with Gasteiger partial charge in [-0.2, -0.15) is 4.98 Å². The molecule has 2 aromatic rings. The third kappa shape index (κ3) is 2.66. The smallest absolute Gasteiger partial charge is 0.337 e. The number of rotatable bonds is 3. The highest BCUT2D eigenvalue weighted by Gasteiger charge is 2.24. The zero-order chi connectivity index (χ0) is 13.2. The summed E-state index contributed by atoms with van der Waals surface area (Å²) in [5.74, 6) is 0.775. The summed E-state index contributed by atoms with van der Waals surface area (Å²) in [5, 5.41) is 7.14. The number of methoxy groups -OCH3 is 1. The van der Waals surface area contributed by atoms with Gasteiger partial charge in [-0.1, -0.05) is 17.3 Å². The third-order valence-corrected chi connectivity index (χ3v) is 3.13. The van der Waals surface area contributed by atoms with E-state index in [0.717, 1.165) is 18.5 Å². The molecule has 0 saturated carbocycles. The van der Waals surface area contributed by atoms with E-state index in [0.29, 0.717) is 17.3 Å². The molecule has 1 aromatic carbocycles. The van der Waals surface area contributed by atoms with Crippen LogP contribution in [0.1, 0.15) is 28.7 Å². The fourth-order valence-corrected chi connectivity index (χ4v) is 1.87. The number of esters is 1. The van der Waals surface area contributed by atoms with Crippen LogP contribution in [0.25, 0.3) is 11.4 Å². The van der Waals surface area contributed by atoms with E-state index in [9.17, 15) is 4.79 Å². The van der Waals surface area contributed by atoms with Gasteiger partial charge < -0.3 is 14.6 Å². The van der Waals surface area contributed by atoms with Crippen LogP contribution in [0.15, 0.2) is 28.8 Å². The van der Waals surface area contributed by atoms with Crippen LogP contribution < -0.4 is 5.32 Å². The molecule has 0 unspecified atom stereocenters. The Morgan fingerprint density at radius 2 is 2.10 bits per heavy atom. The minimum absolute atomic E-state index is 0. The van der Waals surface area contributed by atoms with Crippen molar-refractivity contribution in [2.24, 2.45) is 0 Å². The van der Waals surface area contributed by atoms with Gasteiger partial charge >= 0.3 is 5.97 Å². The van der Waals surface area contributed by atoms with E-state index in [1.165, 1.54) is 7.11 Å². The summed E-state index contributed by atoms with van der Waals surface area (Å²) in [6.07, 6.45) is 1.02. The average molecular weight is 296 g/mol. The Hall–Kier alpha value is -1.92. The number of ether oxygens (including phenoxy) is 1. The maximum atomic E-state index is 11.3. The molecule has 1 fully saturated rings. The SMILES string of the molecule is COC(=O)c1ccc(-c2noc([C@H]3CCN3)n2)cc1.Cl. The number of carbonyl (C=O) groups excluding carboxylic acids is 1. The standard InChI is InChI=1S/C13H13N3O3.ClH/c1-18-13(17)9-4-2-8(3-5-9)11-15-12(19-16-11)10-6-7-14-10;/h2-5,10,14H,6-7H2,1H3;1H/t10-;/m1./s1. The summed E-state index contributed by atoms with van der Waals surface area (Å²) in [5.41, 5.74) is 1.30. The van der Waals surface area contributed by atoms with Crippen molar-refractivity contribution in [3.63, 3.8) is 0 Å². The number of aromatic nitrogens is 2. The first-order valence-electron chi connectivity index (χ1n) is 6.03. The Labute approximate surface area is 121 Å². The van der Waals surface area contributed by atoms with Gasteiger partial charge in [0.15, 0.2) is 0 Å². The first-order chi connectivity index (χ1) is 9.28. The summed E-state index contributed by atoms with van der Waals surface area (Å²) in [4.78, 5) is 15.7. The molecule has 0 amide bonds. The van der Waals surface area contributed by atoms with Crippen molar-refractivity contribution in [2.75, 3.05) is 13.7 Å². The molecule has 1 aliphatic heterocycles. The predicted molar refractivity (Wildman–Crippen MR) is 73.7 cm³/mol. The molecule has 6 nitrogen and oxygen atoms in total. The number of carbonyl (C=O) groups is 1. The topological polar surface area (TPSA) is 77.2 Å². The number of hydrogen-bond acceptors (Lipinski definition) is 6. The maximum absolute atomic E-state index is 11.3. The lowest BCUT2D eigenvalue weighted by Gasteiger charge is -2.23. The number of halogens is 1. The van der Waals surface area contributed by atoms with Gasteiger partial charge in [-0.05, 0) is 25.1 Å². The van der Waals surface area contributed by atoms with E-state index in [-0.39, 0.29) is 24.4 Å². The Kier molecular flexibility index (Phi) is 4.36. The van der Waals surface area contributed by atoms with Crippen molar-refractivity contribution < 1.29 is 14.1 Å². The maximum Gasteiger partial charge on any atom is 0.337 e. The van der Waals surface area contributed by atoms with Crippen LogP contribution in [-0.2, 0) is 4.74 Å². The van der Waals surface area contributed by atoms with Crippen molar-refractivity contribution >= 4 is 18.4 Å². The molecule has 20 heavy (non-hydrogen) atoms. The Bertz CT molecular complexity index is 593. The van der Waals surface area contributed by atoms with Gasteiger partial charge in [0.2, 0.25) is 11.7 Å². The second-order valence-electron chi connectivity index (χ2n) is 4.32. The van der Waals surface area contributed by atoms with Crippen molar-refractivity contribution in [2.45, 2.75) is 12.5 Å². The highest BCUT2D eigenvalue weighted by molar-refractivity contribution is 5.89. The molecule has 1 saturated heterocycles. The minimum Gasteiger partial charge on any atom is -0.465 e. The fourth-order valence-electron chi connectivity index (χ4n) is 1.87. The lowest BCUT2D eigenvalue weighted by Crippen LogP contribution is -2.35. The lowest BCUT2D eigenvalue weighted by atomic mass is 10.1. The zero-order valence-electron chi connectivity index (χ0n) is 10.8. The van der Waals surface area contributed by atoms with Gasteiger partial charge in [-0.25, -0.2) is 4.79 Å². The van der Waals surface area contributed by atoms with Gasteiger partial charge in [-0.15, -0.1) is 12.4 Å². The van der Waals surface area contributed by atoms with Crippen molar-refractivity contribution in [3.05, 3.63) is 35.7 Å². The van der Waals surface area contributed by atoms with E-state index < -0.39 is 0 Å². The number of nitrogens with one attached hydrogen (secondary N) is 1. The fraction of sp³-hybridized carbons (Fsp3) is 0.308. The van der Waals surface area contributed by atoms with Gasteiger partial charge in [0.1, 0.15) is 0 Å². The zero-order valence-corrected chi connectivity index (χ0v) is 11.6. The van der Waals surface area contributed by atoms with Crippen LogP contribution in [0.5, 0.6) is 0 Å². The largest absolute Gasteiger partial charge is 0.465 e. The number of nitrogens with zero attached hydrogens (tertiary/aromatic N) is 2. The molecule has 7 heteroatoms. The first-order valence-corrected chi connectivity index (χ1v) is 6.03. The van der Waals surface area contributed by atoms with Gasteiger partial charge in [-0.3, -0.25) is 0 Å².